The lowest BCUT2D eigenvalue weighted by molar-refractivity contribution is 0.0917. The van der Waals surface area contributed by atoms with E-state index >= 15 is 0 Å². The van der Waals surface area contributed by atoms with Crippen molar-refractivity contribution in [3.05, 3.63) is 69.9 Å². The number of hydrogen-bond acceptors (Lipinski definition) is 5. The van der Waals surface area contributed by atoms with Gasteiger partial charge in [-0.25, -0.2) is 0 Å². The fourth-order valence-electron chi connectivity index (χ4n) is 2.43. The summed E-state index contributed by atoms with van der Waals surface area (Å²) in [6.07, 6.45) is 3.03. The maximum atomic E-state index is 12.5. The van der Waals surface area contributed by atoms with Gasteiger partial charge in [0, 0.05) is 26.2 Å². The van der Waals surface area contributed by atoms with Gasteiger partial charge in [0.1, 0.15) is 6.10 Å². The Morgan fingerprint density at radius 1 is 1.33 bits per heavy atom. The summed E-state index contributed by atoms with van der Waals surface area (Å²) < 4.78 is 1.71. The number of amides is 1. The largest absolute Gasteiger partial charge is 0.386 e. The number of aryl methyl sites for hydroxylation is 1. The van der Waals surface area contributed by atoms with E-state index in [1.807, 2.05) is 37.4 Å². The van der Waals surface area contributed by atoms with Crippen molar-refractivity contribution in [2.24, 2.45) is 7.05 Å². The molecular formula is C17H18N4O2S. The molecule has 0 aliphatic rings. The Balaban J connectivity index is 1.69. The Morgan fingerprint density at radius 2 is 2.12 bits per heavy atom. The Bertz CT molecular complexity index is 799. The Hall–Kier alpha value is -2.51. The number of rotatable bonds is 6. The number of hydrogen-bond donors (Lipinski definition) is 2. The van der Waals surface area contributed by atoms with E-state index in [1.54, 1.807) is 22.6 Å². The lowest BCUT2D eigenvalue weighted by Gasteiger charge is -2.11. The molecule has 1 unspecified atom stereocenters. The molecule has 6 nitrogen and oxygen atoms in total. The smallest absolute Gasteiger partial charge is 0.254 e. The minimum Gasteiger partial charge on any atom is -0.386 e. The summed E-state index contributed by atoms with van der Waals surface area (Å²) in [6.45, 7) is 0.140. The van der Waals surface area contributed by atoms with Crippen molar-refractivity contribution in [3.8, 4) is 0 Å². The Labute approximate surface area is 143 Å². The first-order valence-corrected chi connectivity index (χ1v) is 8.42. The van der Waals surface area contributed by atoms with Gasteiger partial charge >= 0.3 is 0 Å². The molecule has 24 heavy (non-hydrogen) atoms. The number of nitrogens with zero attached hydrogens (tertiary/aromatic N) is 3. The average Bonchev–Trinajstić information content (AvgIpc) is 3.25. The van der Waals surface area contributed by atoms with Crippen molar-refractivity contribution in [1.82, 2.24) is 20.1 Å². The molecule has 1 aromatic carbocycles. The first-order valence-electron chi connectivity index (χ1n) is 7.54. The zero-order valence-corrected chi connectivity index (χ0v) is 14.0. The van der Waals surface area contributed by atoms with Crippen LogP contribution in [0.5, 0.6) is 0 Å². The van der Waals surface area contributed by atoms with Gasteiger partial charge in [-0.15, -0.1) is 11.3 Å². The van der Waals surface area contributed by atoms with E-state index in [1.165, 1.54) is 11.3 Å². The molecule has 0 fully saturated rings. The molecule has 2 N–H and O–H groups in total. The van der Waals surface area contributed by atoms with Crippen LogP contribution < -0.4 is 5.32 Å². The van der Waals surface area contributed by atoms with E-state index in [0.717, 1.165) is 16.1 Å². The Kier molecular flexibility index (Phi) is 5.02. The van der Waals surface area contributed by atoms with Crippen LogP contribution in [0, 0.1) is 0 Å². The van der Waals surface area contributed by atoms with Crippen molar-refractivity contribution in [1.29, 1.82) is 0 Å². The number of nitrogens with one attached hydrogen (secondary N) is 1. The van der Waals surface area contributed by atoms with Gasteiger partial charge in [-0.3, -0.25) is 14.5 Å². The van der Waals surface area contributed by atoms with E-state index < -0.39 is 6.10 Å². The first kappa shape index (κ1) is 16.4. The van der Waals surface area contributed by atoms with Crippen molar-refractivity contribution in [3.63, 3.8) is 0 Å². The molecule has 124 valence electrons. The second-order valence-electron chi connectivity index (χ2n) is 5.42. The number of carbonyl (C=O) groups is 1. The van der Waals surface area contributed by atoms with Crippen LogP contribution in [0.4, 0.5) is 0 Å². The molecule has 3 aromatic rings. The highest BCUT2D eigenvalue weighted by Gasteiger charge is 2.18. The van der Waals surface area contributed by atoms with Gasteiger partial charge in [0.05, 0.1) is 27.8 Å². The van der Waals surface area contributed by atoms with Gasteiger partial charge in [-0.05, 0) is 5.56 Å². The molecular weight excluding hydrogens is 324 g/mol. The quantitative estimate of drug-likeness (QED) is 0.717. The maximum absolute atomic E-state index is 12.5. The monoisotopic (exact) mass is 342 g/mol. The molecule has 2 heterocycles. The van der Waals surface area contributed by atoms with E-state index in [0.29, 0.717) is 12.0 Å². The summed E-state index contributed by atoms with van der Waals surface area (Å²) in [4.78, 5) is 17.1. The lowest BCUT2D eigenvalue weighted by Crippen LogP contribution is -2.28. The molecule has 0 aliphatic carbocycles. The van der Waals surface area contributed by atoms with Crippen LogP contribution in [0.2, 0.25) is 0 Å². The minimum atomic E-state index is -0.754. The molecule has 0 saturated heterocycles. The molecule has 0 aliphatic heterocycles. The van der Waals surface area contributed by atoms with Gasteiger partial charge in [0.25, 0.3) is 5.91 Å². The van der Waals surface area contributed by atoms with Crippen LogP contribution >= 0.6 is 11.3 Å². The van der Waals surface area contributed by atoms with Crippen molar-refractivity contribution in [2.75, 3.05) is 6.54 Å². The van der Waals surface area contributed by atoms with Crippen molar-refractivity contribution >= 4 is 17.2 Å². The zero-order valence-electron chi connectivity index (χ0n) is 13.2. The summed E-state index contributed by atoms with van der Waals surface area (Å²) >= 11 is 1.36. The standard InChI is InChI=1S/C17H18N4O2S/c1-21-14(7-12-5-3-2-4-6-12)13(8-20-21)17(23)19-9-15(22)16-10-18-11-24-16/h2-6,8,10-11,15,22H,7,9H2,1H3,(H,19,23). The van der Waals surface area contributed by atoms with Gasteiger partial charge in [-0.1, -0.05) is 30.3 Å². The van der Waals surface area contributed by atoms with Gasteiger partial charge in [0.2, 0.25) is 0 Å². The van der Waals surface area contributed by atoms with Crippen LogP contribution in [0.15, 0.2) is 48.2 Å². The normalized spacial score (nSPS) is 12.1. The summed E-state index contributed by atoms with van der Waals surface area (Å²) in [6, 6.07) is 9.93. The minimum absolute atomic E-state index is 0.140. The van der Waals surface area contributed by atoms with E-state index in [9.17, 15) is 9.90 Å². The number of carbonyl (C=O) groups excluding carboxylic acids is 1. The molecule has 3 rings (SSSR count). The molecule has 7 heteroatoms. The third kappa shape index (κ3) is 3.69. The van der Waals surface area contributed by atoms with Crippen LogP contribution in [0.1, 0.15) is 32.6 Å². The lowest BCUT2D eigenvalue weighted by atomic mass is 10.1. The average molecular weight is 342 g/mol. The van der Waals surface area contributed by atoms with Crippen LogP contribution in [-0.4, -0.2) is 32.3 Å². The van der Waals surface area contributed by atoms with Gasteiger partial charge in [0.15, 0.2) is 0 Å². The van der Waals surface area contributed by atoms with Crippen LogP contribution in [-0.2, 0) is 13.5 Å². The highest BCUT2D eigenvalue weighted by atomic mass is 32.1. The summed E-state index contributed by atoms with van der Waals surface area (Å²) in [5.74, 6) is -0.238. The maximum Gasteiger partial charge on any atom is 0.254 e. The first-order chi connectivity index (χ1) is 11.6. The number of benzene rings is 1. The van der Waals surface area contributed by atoms with Crippen LogP contribution in [0.25, 0.3) is 0 Å². The molecule has 0 bridgehead atoms. The SMILES string of the molecule is Cn1ncc(C(=O)NCC(O)c2cncs2)c1Cc1ccccc1. The fraction of sp³-hybridized carbons (Fsp3) is 0.235. The fourth-order valence-corrected chi connectivity index (χ4v) is 3.03. The van der Waals surface area contributed by atoms with Gasteiger partial charge < -0.3 is 10.4 Å². The molecule has 2 aromatic heterocycles. The van der Waals surface area contributed by atoms with E-state index in [-0.39, 0.29) is 12.5 Å². The van der Waals surface area contributed by atoms with Gasteiger partial charge in [-0.2, -0.15) is 5.10 Å². The third-order valence-electron chi connectivity index (χ3n) is 3.76. The van der Waals surface area contributed by atoms with Crippen molar-refractivity contribution in [2.45, 2.75) is 12.5 Å². The molecule has 0 radical (unpaired) electrons. The number of aliphatic hydroxyl groups excluding tert-OH is 1. The predicted octanol–water partition coefficient (Wildman–Crippen LogP) is 1.93. The second kappa shape index (κ2) is 7.37. The van der Waals surface area contributed by atoms with E-state index in [4.69, 9.17) is 0 Å². The predicted molar refractivity (Wildman–Crippen MR) is 91.9 cm³/mol. The number of aliphatic hydroxyl groups is 1. The number of aromatic nitrogens is 3. The molecule has 1 atom stereocenters. The van der Waals surface area contributed by atoms with Crippen molar-refractivity contribution < 1.29 is 9.90 Å². The molecule has 1 amide bonds. The second-order valence-corrected chi connectivity index (χ2v) is 6.34. The highest BCUT2D eigenvalue weighted by Crippen LogP contribution is 2.17. The summed E-state index contributed by atoms with van der Waals surface area (Å²) in [7, 11) is 1.82. The van der Waals surface area contributed by atoms with E-state index in [2.05, 4.69) is 15.4 Å². The summed E-state index contributed by atoms with van der Waals surface area (Å²) in [5, 5.41) is 17.0. The molecule has 0 saturated carbocycles. The zero-order chi connectivity index (χ0) is 16.9. The Morgan fingerprint density at radius 3 is 2.83 bits per heavy atom. The molecule has 0 spiro atoms. The van der Waals surface area contributed by atoms with Crippen LogP contribution in [0.3, 0.4) is 0 Å². The topological polar surface area (TPSA) is 80.0 Å². The third-order valence-corrected chi connectivity index (χ3v) is 4.63. The highest BCUT2D eigenvalue weighted by molar-refractivity contribution is 7.09. The summed E-state index contributed by atoms with van der Waals surface area (Å²) in [5.41, 5.74) is 4.13. The number of thiazole rings is 1.